The van der Waals surface area contributed by atoms with E-state index in [-0.39, 0.29) is 5.91 Å². The highest BCUT2D eigenvalue weighted by Crippen LogP contribution is 2.27. The van der Waals surface area contributed by atoms with Crippen LogP contribution >= 0.6 is 11.3 Å². The summed E-state index contributed by atoms with van der Waals surface area (Å²) in [4.78, 5) is 18.8. The highest BCUT2D eigenvalue weighted by molar-refractivity contribution is 7.22. The van der Waals surface area contributed by atoms with Crippen LogP contribution in [0.15, 0.2) is 18.2 Å². The normalized spacial score (nSPS) is 16.3. The zero-order chi connectivity index (χ0) is 15.0. The number of likely N-dealkylation sites (N-methyl/N-ethyl adjacent to an activating group) is 1. The molecule has 1 unspecified atom stereocenters. The fraction of sp³-hybridized carbons (Fsp3) is 0.467. The second-order valence-corrected chi connectivity index (χ2v) is 6.75. The van der Waals surface area contributed by atoms with Crippen LogP contribution in [0.25, 0.3) is 10.2 Å². The van der Waals surface area contributed by atoms with E-state index in [1.165, 1.54) is 24.2 Å². The molecule has 1 atom stereocenters. The first kappa shape index (κ1) is 14.3. The number of thiazole rings is 1. The number of carbonyl (C=O) groups excluding carboxylic acids is 1. The van der Waals surface area contributed by atoms with Gasteiger partial charge >= 0.3 is 0 Å². The molecular formula is C15H20N4OS. The third kappa shape index (κ3) is 3.16. The van der Waals surface area contributed by atoms with E-state index in [2.05, 4.69) is 29.2 Å². The fourth-order valence-electron chi connectivity index (χ4n) is 2.41. The van der Waals surface area contributed by atoms with Crippen molar-refractivity contribution in [1.82, 2.24) is 15.2 Å². The van der Waals surface area contributed by atoms with Gasteiger partial charge in [0.05, 0.1) is 10.2 Å². The van der Waals surface area contributed by atoms with Crippen molar-refractivity contribution in [1.29, 1.82) is 0 Å². The Kier molecular flexibility index (Phi) is 3.82. The Bertz CT molecular complexity index is 665. The Labute approximate surface area is 128 Å². The molecule has 5 nitrogen and oxygen atoms in total. The number of aromatic nitrogens is 1. The molecule has 1 aromatic carbocycles. The molecule has 1 fully saturated rings. The van der Waals surface area contributed by atoms with Crippen molar-refractivity contribution in [3.63, 3.8) is 0 Å². The van der Waals surface area contributed by atoms with E-state index in [9.17, 15) is 4.79 Å². The van der Waals surface area contributed by atoms with Crippen LogP contribution in [0.2, 0.25) is 0 Å². The number of amides is 1. The van der Waals surface area contributed by atoms with Gasteiger partial charge in [-0.15, -0.1) is 0 Å². The molecule has 0 saturated heterocycles. The summed E-state index contributed by atoms with van der Waals surface area (Å²) in [7, 11) is 2.13. The van der Waals surface area contributed by atoms with Crippen molar-refractivity contribution in [2.45, 2.75) is 31.8 Å². The average molecular weight is 304 g/mol. The first-order chi connectivity index (χ1) is 10.0. The number of nitrogens with one attached hydrogen (secondary N) is 1. The van der Waals surface area contributed by atoms with E-state index in [0.717, 1.165) is 10.2 Å². The van der Waals surface area contributed by atoms with Crippen LogP contribution in [-0.4, -0.2) is 41.5 Å². The number of fused-ring (bicyclic) bond motifs is 1. The molecule has 0 bridgehead atoms. The summed E-state index contributed by atoms with van der Waals surface area (Å²) in [5.41, 5.74) is 7.19. The van der Waals surface area contributed by atoms with Gasteiger partial charge in [-0.2, -0.15) is 0 Å². The lowest BCUT2D eigenvalue weighted by Gasteiger charge is -2.24. The zero-order valence-electron chi connectivity index (χ0n) is 12.3. The number of nitrogen functional groups attached to an aromatic ring is 1. The largest absolute Gasteiger partial charge is 0.375 e. The SMILES string of the molecule is CC(CNC(=O)c1ccc2nc(N)sc2c1)N(C)C1CC1. The Morgan fingerprint density at radius 1 is 1.57 bits per heavy atom. The van der Waals surface area contributed by atoms with Gasteiger partial charge in [0.25, 0.3) is 5.91 Å². The van der Waals surface area contributed by atoms with Crippen LogP contribution in [-0.2, 0) is 0 Å². The maximum atomic E-state index is 12.2. The van der Waals surface area contributed by atoms with Gasteiger partial charge < -0.3 is 11.1 Å². The lowest BCUT2D eigenvalue weighted by atomic mass is 10.2. The Balaban J connectivity index is 1.63. The van der Waals surface area contributed by atoms with E-state index in [0.29, 0.717) is 29.3 Å². The molecule has 1 aliphatic carbocycles. The van der Waals surface area contributed by atoms with Crippen molar-refractivity contribution < 1.29 is 4.79 Å². The average Bonchev–Trinajstić information content (AvgIpc) is 3.24. The second kappa shape index (κ2) is 5.61. The molecule has 112 valence electrons. The standard InChI is InChI=1S/C15H20N4OS/c1-9(19(2)11-4-5-11)8-17-14(20)10-3-6-12-13(7-10)21-15(16)18-12/h3,6-7,9,11H,4-5,8H2,1-2H3,(H2,16,18)(H,17,20). The molecule has 1 saturated carbocycles. The molecule has 21 heavy (non-hydrogen) atoms. The van der Waals surface area contributed by atoms with E-state index in [1.807, 2.05) is 12.1 Å². The summed E-state index contributed by atoms with van der Waals surface area (Å²) in [6, 6.07) is 6.55. The molecular weight excluding hydrogens is 284 g/mol. The number of hydrogen-bond donors (Lipinski definition) is 2. The smallest absolute Gasteiger partial charge is 0.251 e. The number of carbonyl (C=O) groups is 1. The number of nitrogens with two attached hydrogens (primary N) is 1. The van der Waals surface area contributed by atoms with Gasteiger partial charge in [-0.05, 0) is 45.0 Å². The predicted molar refractivity (Wildman–Crippen MR) is 86.6 cm³/mol. The van der Waals surface area contributed by atoms with Crippen molar-refractivity contribution in [3.8, 4) is 0 Å². The summed E-state index contributed by atoms with van der Waals surface area (Å²) < 4.78 is 0.947. The van der Waals surface area contributed by atoms with Crippen molar-refractivity contribution >= 4 is 32.6 Å². The number of anilines is 1. The third-order valence-electron chi connectivity index (χ3n) is 4.04. The van der Waals surface area contributed by atoms with E-state index in [1.54, 1.807) is 6.07 Å². The molecule has 3 rings (SSSR count). The van der Waals surface area contributed by atoms with Gasteiger partial charge in [0, 0.05) is 24.2 Å². The van der Waals surface area contributed by atoms with Crippen LogP contribution in [0.1, 0.15) is 30.1 Å². The minimum atomic E-state index is -0.0417. The Hall–Kier alpha value is -1.66. The van der Waals surface area contributed by atoms with Gasteiger partial charge in [-0.1, -0.05) is 11.3 Å². The first-order valence-electron chi connectivity index (χ1n) is 7.21. The van der Waals surface area contributed by atoms with E-state index in [4.69, 9.17) is 5.73 Å². The number of hydrogen-bond acceptors (Lipinski definition) is 5. The monoisotopic (exact) mass is 304 g/mol. The fourth-order valence-corrected chi connectivity index (χ4v) is 3.19. The van der Waals surface area contributed by atoms with E-state index < -0.39 is 0 Å². The highest BCUT2D eigenvalue weighted by Gasteiger charge is 2.29. The van der Waals surface area contributed by atoms with Crippen molar-refractivity contribution in [2.75, 3.05) is 19.3 Å². The van der Waals surface area contributed by atoms with Crippen LogP contribution in [0, 0.1) is 0 Å². The topological polar surface area (TPSA) is 71.2 Å². The van der Waals surface area contributed by atoms with Gasteiger partial charge in [-0.3, -0.25) is 9.69 Å². The summed E-state index contributed by atoms with van der Waals surface area (Å²) in [5.74, 6) is -0.0417. The van der Waals surface area contributed by atoms with Crippen LogP contribution in [0.5, 0.6) is 0 Å². The lowest BCUT2D eigenvalue weighted by Crippen LogP contribution is -2.41. The van der Waals surface area contributed by atoms with Crippen LogP contribution < -0.4 is 11.1 Å². The van der Waals surface area contributed by atoms with E-state index >= 15 is 0 Å². The summed E-state index contributed by atoms with van der Waals surface area (Å²) in [6.45, 7) is 2.81. The number of nitrogens with zero attached hydrogens (tertiary/aromatic N) is 2. The molecule has 1 aliphatic rings. The minimum absolute atomic E-state index is 0.0417. The molecule has 6 heteroatoms. The van der Waals surface area contributed by atoms with Crippen LogP contribution in [0.3, 0.4) is 0 Å². The maximum Gasteiger partial charge on any atom is 0.251 e. The minimum Gasteiger partial charge on any atom is -0.375 e. The quantitative estimate of drug-likeness (QED) is 0.887. The van der Waals surface area contributed by atoms with Gasteiger partial charge in [0.15, 0.2) is 5.13 Å². The molecule has 3 N–H and O–H groups in total. The summed E-state index contributed by atoms with van der Waals surface area (Å²) in [6.07, 6.45) is 2.55. The van der Waals surface area contributed by atoms with Gasteiger partial charge in [0.2, 0.25) is 0 Å². The third-order valence-corrected chi connectivity index (χ3v) is 4.89. The van der Waals surface area contributed by atoms with Gasteiger partial charge in [-0.25, -0.2) is 4.98 Å². The van der Waals surface area contributed by atoms with Crippen molar-refractivity contribution in [2.24, 2.45) is 0 Å². The molecule has 1 aromatic heterocycles. The van der Waals surface area contributed by atoms with Crippen molar-refractivity contribution in [3.05, 3.63) is 23.8 Å². The molecule has 1 amide bonds. The second-order valence-electron chi connectivity index (χ2n) is 5.69. The zero-order valence-corrected chi connectivity index (χ0v) is 13.1. The summed E-state index contributed by atoms with van der Waals surface area (Å²) >= 11 is 1.40. The molecule has 0 aliphatic heterocycles. The predicted octanol–water partition coefficient (Wildman–Crippen LogP) is 2.09. The number of benzene rings is 1. The Morgan fingerprint density at radius 2 is 2.33 bits per heavy atom. The molecule has 2 aromatic rings. The Morgan fingerprint density at radius 3 is 3.05 bits per heavy atom. The maximum absolute atomic E-state index is 12.2. The molecule has 0 radical (unpaired) electrons. The number of rotatable bonds is 5. The molecule has 0 spiro atoms. The van der Waals surface area contributed by atoms with Gasteiger partial charge in [0.1, 0.15) is 0 Å². The summed E-state index contributed by atoms with van der Waals surface area (Å²) in [5, 5.41) is 3.54. The first-order valence-corrected chi connectivity index (χ1v) is 8.02. The van der Waals surface area contributed by atoms with Crippen LogP contribution in [0.4, 0.5) is 5.13 Å². The lowest BCUT2D eigenvalue weighted by molar-refractivity contribution is 0.0939. The molecule has 1 heterocycles. The highest BCUT2D eigenvalue weighted by atomic mass is 32.1.